The molecule has 0 unspecified atom stereocenters. The molecule has 2 atom stereocenters. The highest BCUT2D eigenvalue weighted by atomic mass is 16.5. The van der Waals surface area contributed by atoms with Crippen LogP contribution in [0.1, 0.15) is 53.1 Å². The molecule has 6 nitrogen and oxygen atoms in total. The Bertz CT molecular complexity index is 1410. The van der Waals surface area contributed by atoms with Crippen LogP contribution in [-0.2, 0) is 36.1 Å². The zero-order chi connectivity index (χ0) is 24.9. The number of hydrogen-bond acceptors (Lipinski definition) is 4. The lowest BCUT2D eigenvalue weighted by molar-refractivity contribution is 0.0426. The molecule has 4 aromatic rings. The smallest absolute Gasteiger partial charge is 0.335 e. The van der Waals surface area contributed by atoms with Crippen molar-refractivity contribution in [3.8, 4) is 0 Å². The van der Waals surface area contributed by atoms with E-state index in [2.05, 4.69) is 19.1 Å². The van der Waals surface area contributed by atoms with Gasteiger partial charge in [-0.2, -0.15) is 0 Å². The zero-order valence-electron chi connectivity index (χ0n) is 20.4. The summed E-state index contributed by atoms with van der Waals surface area (Å²) in [5.41, 5.74) is 3.86. The molecule has 0 amide bonds. The molecule has 0 bridgehead atoms. The molecule has 1 aliphatic carbocycles. The maximum Gasteiger partial charge on any atom is 0.335 e. The number of benzene rings is 3. The Morgan fingerprint density at radius 1 is 0.722 bits per heavy atom. The van der Waals surface area contributed by atoms with E-state index >= 15 is 0 Å². The SMILES string of the molecule is C[C@H]1C[C@@H](c2ccccc2)c2c1c(=O)n(COCc1ccccc1)c(=O)n2COCc1ccccc1. The first-order valence-corrected chi connectivity index (χ1v) is 12.3. The van der Waals surface area contributed by atoms with E-state index in [4.69, 9.17) is 9.47 Å². The van der Waals surface area contributed by atoms with Gasteiger partial charge in [-0.1, -0.05) is 97.9 Å². The Hall–Kier alpha value is -3.74. The van der Waals surface area contributed by atoms with E-state index in [9.17, 15) is 9.59 Å². The Kier molecular flexibility index (Phi) is 7.26. The molecule has 5 rings (SSSR count). The summed E-state index contributed by atoms with van der Waals surface area (Å²) < 4.78 is 14.7. The topological polar surface area (TPSA) is 62.5 Å². The number of aromatic nitrogens is 2. The minimum atomic E-state index is -0.407. The lowest BCUT2D eigenvalue weighted by Crippen LogP contribution is -2.44. The van der Waals surface area contributed by atoms with Crippen LogP contribution < -0.4 is 11.2 Å². The van der Waals surface area contributed by atoms with Crippen LogP contribution >= 0.6 is 0 Å². The molecular formula is C30H30N2O4. The van der Waals surface area contributed by atoms with Gasteiger partial charge in [-0.05, 0) is 29.0 Å². The van der Waals surface area contributed by atoms with Gasteiger partial charge in [-0.25, -0.2) is 9.36 Å². The van der Waals surface area contributed by atoms with Crippen molar-refractivity contribution in [2.75, 3.05) is 0 Å². The van der Waals surface area contributed by atoms with Crippen molar-refractivity contribution in [1.29, 1.82) is 0 Å². The predicted octanol–water partition coefficient (Wildman–Crippen LogP) is 5.00. The first-order chi connectivity index (χ1) is 17.6. The monoisotopic (exact) mass is 482 g/mol. The average Bonchev–Trinajstić information content (AvgIpc) is 3.26. The molecule has 0 fully saturated rings. The van der Waals surface area contributed by atoms with Crippen LogP contribution in [0.15, 0.2) is 101 Å². The van der Waals surface area contributed by atoms with E-state index in [0.29, 0.717) is 18.8 Å². The minimum absolute atomic E-state index is 0.0130. The minimum Gasteiger partial charge on any atom is -0.356 e. The van der Waals surface area contributed by atoms with Gasteiger partial charge in [0.25, 0.3) is 5.56 Å². The predicted molar refractivity (Wildman–Crippen MR) is 139 cm³/mol. The molecule has 3 aromatic carbocycles. The van der Waals surface area contributed by atoms with Crippen molar-refractivity contribution in [3.05, 3.63) is 140 Å². The third-order valence-electron chi connectivity index (χ3n) is 6.78. The van der Waals surface area contributed by atoms with Gasteiger partial charge in [0.1, 0.15) is 13.5 Å². The highest BCUT2D eigenvalue weighted by Gasteiger charge is 2.36. The largest absolute Gasteiger partial charge is 0.356 e. The van der Waals surface area contributed by atoms with E-state index in [1.54, 1.807) is 4.57 Å². The van der Waals surface area contributed by atoms with Gasteiger partial charge in [0, 0.05) is 17.2 Å². The first kappa shape index (κ1) is 24.0. The number of nitrogens with zero attached hydrogens (tertiary/aromatic N) is 2. The van der Waals surface area contributed by atoms with Gasteiger partial charge in [-0.3, -0.25) is 9.36 Å². The van der Waals surface area contributed by atoms with Gasteiger partial charge in [-0.15, -0.1) is 0 Å². The van der Waals surface area contributed by atoms with Gasteiger partial charge < -0.3 is 9.47 Å². The molecule has 0 aliphatic heterocycles. The van der Waals surface area contributed by atoms with Gasteiger partial charge in [0.15, 0.2) is 0 Å². The van der Waals surface area contributed by atoms with E-state index < -0.39 is 5.69 Å². The summed E-state index contributed by atoms with van der Waals surface area (Å²) in [7, 11) is 0. The summed E-state index contributed by atoms with van der Waals surface area (Å²) in [5.74, 6) is -0.0316. The van der Waals surface area contributed by atoms with E-state index in [1.807, 2.05) is 78.9 Å². The standard InChI is InChI=1S/C30H30N2O4/c1-22-17-26(25-15-9-4-10-16-25)28-27(22)29(33)32(21-36-19-24-13-7-3-8-14-24)30(34)31(28)20-35-18-23-11-5-2-6-12-23/h2-16,22,26H,17-21H2,1H3/t22-,26-/m0/s1. The lowest BCUT2D eigenvalue weighted by Gasteiger charge is -2.20. The maximum absolute atomic E-state index is 13.7. The molecule has 0 spiro atoms. The summed E-state index contributed by atoms with van der Waals surface area (Å²) in [4.78, 5) is 27.3. The normalized spacial score (nSPS) is 16.7. The average molecular weight is 483 g/mol. The van der Waals surface area contributed by atoms with Crippen molar-refractivity contribution < 1.29 is 9.47 Å². The van der Waals surface area contributed by atoms with Crippen LogP contribution in [0.4, 0.5) is 0 Å². The summed E-state index contributed by atoms with van der Waals surface area (Å²) in [5, 5.41) is 0. The second-order valence-corrected chi connectivity index (χ2v) is 9.27. The number of ether oxygens (including phenoxy) is 2. The number of rotatable bonds is 9. The quantitative estimate of drug-likeness (QED) is 0.337. The fraction of sp³-hybridized carbons (Fsp3) is 0.267. The Labute approximate surface area is 210 Å². The van der Waals surface area contributed by atoms with Gasteiger partial charge >= 0.3 is 5.69 Å². The van der Waals surface area contributed by atoms with Crippen molar-refractivity contribution >= 4 is 0 Å². The van der Waals surface area contributed by atoms with Crippen LogP contribution in [0, 0.1) is 0 Å². The van der Waals surface area contributed by atoms with Crippen LogP contribution in [0.25, 0.3) is 0 Å². The van der Waals surface area contributed by atoms with Crippen molar-refractivity contribution in [3.63, 3.8) is 0 Å². The molecule has 6 heteroatoms. The van der Waals surface area contributed by atoms with Crippen LogP contribution in [0.3, 0.4) is 0 Å². The molecule has 1 heterocycles. The first-order valence-electron chi connectivity index (χ1n) is 12.3. The Balaban J connectivity index is 1.50. The summed E-state index contributed by atoms with van der Waals surface area (Å²) >= 11 is 0. The van der Waals surface area contributed by atoms with E-state index in [-0.39, 0.29) is 30.9 Å². The molecule has 36 heavy (non-hydrogen) atoms. The van der Waals surface area contributed by atoms with Crippen molar-refractivity contribution in [2.45, 2.75) is 51.9 Å². The highest BCUT2D eigenvalue weighted by Crippen LogP contribution is 2.42. The molecule has 184 valence electrons. The molecule has 1 aliphatic rings. The van der Waals surface area contributed by atoms with Crippen molar-refractivity contribution in [1.82, 2.24) is 9.13 Å². The van der Waals surface area contributed by atoms with Crippen molar-refractivity contribution in [2.24, 2.45) is 0 Å². The van der Waals surface area contributed by atoms with E-state index in [0.717, 1.165) is 28.8 Å². The molecule has 0 saturated heterocycles. The lowest BCUT2D eigenvalue weighted by atomic mass is 9.95. The van der Waals surface area contributed by atoms with E-state index in [1.165, 1.54) is 4.57 Å². The molecule has 0 saturated carbocycles. The molecular weight excluding hydrogens is 452 g/mol. The third-order valence-corrected chi connectivity index (χ3v) is 6.78. The highest BCUT2D eigenvalue weighted by molar-refractivity contribution is 5.40. The van der Waals surface area contributed by atoms with Gasteiger partial charge in [0.05, 0.1) is 13.2 Å². The third kappa shape index (κ3) is 4.96. The van der Waals surface area contributed by atoms with Crippen LogP contribution in [0.5, 0.6) is 0 Å². The zero-order valence-corrected chi connectivity index (χ0v) is 20.4. The molecule has 0 N–H and O–H groups in total. The molecule has 1 aromatic heterocycles. The molecule has 0 radical (unpaired) electrons. The summed E-state index contributed by atoms with van der Waals surface area (Å²) in [6.07, 6.45) is 0.765. The summed E-state index contributed by atoms with van der Waals surface area (Å²) in [6.45, 7) is 2.69. The van der Waals surface area contributed by atoms with Crippen LogP contribution in [0.2, 0.25) is 0 Å². The second kappa shape index (κ2) is 10.9. The fourth-order valence-electron chi connectivity index (χ4n) is 5.03. The van der Waals surface area contributed by atoms with Crippen LogP contribution in [-0.4, -0.2) is 9.13 Å². The summed E-state index contributed by atoms with van der Waals surface area (Å²) in [6, 6.07) is 29.6. The fourth-order valence-corrected chi connectivity index (χ4v) is 5.03. The Morgan fingerprint density at radius 2 is 1.22 bits per heavy atom. The van der Waals surface area contributed by atoms with Gasteiger partial charge in [0.2, 0.25) is 0 Å². The number of fused-ring (bicyclic) bond motifs is 1. The Morgan fingerprint density at radius 3 is 1.78 bits per heavy atom. The maximum atomic E-state index is 13.7. The number of hydrogen-bond donors (Lipinski definition) is 0. The second-order valence-electron chi connectivity index (χ2n) is 9.27.